The van der Waals surface area contributed by atoms with Crippen LogP contribution in [0.3, 0.4) is 0 Å². The molecule has 1 atom stereocenters. The van der Waals surface area contributed by atoms with Crippen molar-refractivity contribution in [2.75, 3.05) is 6.54 Å². The number of rotatable bonds is 2. The van der Waals surface area contributed by atoms with Crippen LogP contribution in [0.1, 0.15) is 19.2 Å². The van der Waals surface area contributed by atoms with Gasteiger partial charge in [-0.3, -0.25) is 4.79 Å². The molecule has 1 amide bonds. The second kappa shape index (κ2) is 4.63. The highest BCUT2D eigenvalue weighted by Crippen LogP contribution is 2.19. The molecule has 0 N–H and O–H groups in total. The average Bonchev–Trinajstić information content (AvgIpc) is 2.68. The lowest BCUT2D eigenvalue weighted by molar-refractivity contribution is -0.132. The highest BCUT2D eigenvalue weighted by atomic mass is 35.5. The van der Waals surface area contributed by atoms with Gasteiger partial charge in [0.15, 0.2) is 0 Å². The zero-order valence-corrected chi connectivity index (χ0v) is 10.5. The van der Waals surface area contributed by atoms with Gasteiger partial charge in [-0.15, -0.1) is 11.6 Å². The molecule has 2 heterocycles. The predicted molar refractivity (Wildman–Crippen MR) is 62.6 cm³/mol. The summed E-state index contributed by atoms with van der Waals surface area (Å²) >= 11 is 11.9. The minimum absolute atomic E-state index is 0.0189. The number of halogens is 2. The van der Waals surface area contributed by atoms with Gasteiger partial charge < -0.3 is 9.47 Å². The van der Waals surface area contributed by atoms with Gasteiger partial charge in [0, 0.05) is 13.1 Å². The Kier molecular flexibility index (Phi) is 3.40. The molecule has 0 radical (unpaired) electrons. The fourth-order valence-corrected chi connectivity index (χ4v) is 2.15. The van der Waals surface area contributed by atoms with Crippen LogP contribution in [0.4, 0.5) is 0 Å². The molecule has 6 heteroatoms. The second-order valence-corrected chi connectivity index (χ2v) is 4.70. The number of alkyl halides is 1. The van der Waals surface area contributed by atoms with E-state index in [1.165, 1.54) is 0 Å². The Morgan fingerprint density at radius 2 is 2.38 bits per heavy atom. The molecule has 88 valence electrons. The Morgan fingerprint density at radius 1 is 1.62 bits per heavy atom. The maximum Gasteiger partial charge on any atom is 0.241 e. The lowest BCUT2D eigenvalue weighted by Crippen LogP contribution is -2.42. The van der Waals surface area contributed by atoms with Crippen LogP contribution >= 0.6 is 23.2 Å². The average molecular weight is 262 g/mol. The number of carbonyl (C=O) groups excluding carboxylic acids is 1. The highest BCUT2D eigenvalue weighted by Gasteiger charge is 2.26. The molecule has 1 aliphatic rings. The van der Waals surface area contributed by atoms with Crippen LogP contribution < -0.4 is 0 Å². The van der Waals surface area contributed by atoms with Gasteiger partial charge in [-0.1, -0.05) is 18.5 Å². The fourth-order valence-electron chi connectivity index (χ4n) is 1.78. The van der Waals surface area contributed by atoms with Crippen molar-refractivity contribution in [3.05, 3.63) is 17.2 Å². The summed E-state index contributed by atoms with van der Waals surface area (Å²) in [5.41, 5.74) is 0. The van der Waals surface area contributed by atoms with E-state index in [0.29, 0.717) is 31.2 Å². The first kappa shape index (κ1) is 11.7. The monoisotopic (exact) mass is 261 g/mol. The van der Waals surface area contributed by atoms with E-state index in [1.54, 1.807) is 11.1 Å². The van der Waals surface area contributed by atoms with Gasteiger partial charge in [0.25, 0.3) is 0 Å². The number of amides is 1. The Bertz CT molecular complexity index is 405. The van der Waals surface area contributed by atoms with Crippen molar-refractivity contribution in [2.24, 2.45) is 0 Å². The van der Waals surface area contributed by atoms with Crippen LogP contribution in [-0.2, 0) is 17.9 Å². The van der Waals surface area contributed by atoms with Crippen molar-refractivity contribution in [1.82, 2.24) is 14.5 Å². The molecular weight excluding hydrogens is 249 g/mol. The summed E-state index contributed by atoms with van der Waals surface area (Å²) in [6.45, 7) is 3.73. The smallest absolute Gasteiger partial charge is 0.241 e. The molecule has 1 aromatic heterocycles. The summed E-state index contributed by atoms with van der Waals surface area (Å²) in [5, 5.41) is 0.192. The number of hydrogen-bond donors (Lipinski definition) is 0. The fraction of sp³-hybridized carbons (Fsp3) is 0.600. The molecule has 0 bridgehead atoms. The predicted octanol–water partition coefficient (Wildman–Crippen LogP) is 1.90. The van der Waals surface area contributed by atoms with Crippen molar-refractivity contribution < 1.29 is 4.79 Å². The minimum Gasteiger partial charge on any atom is -0.332 e. The summed E-state index contributed by atoms with van der Waals surface area (Å²) in [6.07, 6.45) is 2.26. The van der Waals surface area contributed by atoms with Gasteiger partial charge in [-0.2, -0.15) is 0 Å². The summed E-state index contributed by atoms with van der Waals surface area (Å²) < 4.78 is 1.92. The van der Waals surface area contributed by atoms with Gasteiger partial charge >= 0.3 is 0 Å². The number of fused-ring (bicyclic) bond motifs is 1. The Balaban J connectivity index is 2.11. The summed E-state index contributed by atoms with van der Waals surface area (Å²) in [4.78, 5) is 17.8. The van der Waals surface area contributed by atoms with E-state index < -0.39 is 5.38 Å². The van der Waals surface area contributed by atoms with Crippen LogP contribution in [0.25, 0.3) is 0 Å². The third kappa shape index (κ3) is 2.04. The van der Waals surface area contributed by atoms with Gasteiger partial charge in [-0.25, -0.2) is 4.98 Å². The number of aromatic nitrogens is 2. The van der Waals surface area contributed by atoms with E-state index in [-0.39, 0.29) is 5.91 Å². The molecule has 0 spiro atoms. The zero-order valence-electron chi connectivity index (χ0n) is 8.99. The van der Waals surface area contributed by atoms with Crippen LogP contribution in [0, 0.1) is 0 Å². The molecule has 1 aliphatic heterocycles. The maximum atomic E-state index is 11.9. The molecule has 4 nitrogen and oxygen atoms in total. The van der Waals surface area contributed by atoms with Crippen LogP contribution in [0.5, 0.6) is 0 Å². The van der Waals surface area contributed by atoms with E-state index in [4.69, 9.17) is 23.2 Å². The number of nitrogens with zero attached hydrogens (tertiary/aromatic N) is 3. The summed E-state index contributed by atoms with van der Waals surface area (Å²) in [5.74, 6) is 0.805. The minimum atomic E-state index is -0.433. The van der Waals surface area contributed by atoms with E-state index in [2.05, 4.69) is 4.98 Å². The van der Waals surface area contributed by atoms with Gasteiger partial charge in [-0.05, 0) is 6.42 Å². The molecule has 0 saturated heterocycles. The van der Waals surface area contributed by atoms with Gasteiger partial charge in [0.2, 0.25) is 5.91 Å². The molecule has 1 unspecified atom stereocenters. The van der Waals surface area contributed by atoms with E-state index in [1.807, 2.05) is 11.5 Å². The van der Waals surface area contributed by atoms with Crippen LogP contribution in [-0.4, -0.2) is 32.3 Å². The standard InChI is InChI=1S/C10H13Cl2N3O/c1-2-7(11)10(16)14-3-4-15-8(12)5-13-9(15)6-14/h5,7H,2-4,6H2,1H3. The van der Waals surface area contributed by atoms with Crippen molar-refractivity contribution >= 4 is 29.1 Å². The molecule has 0 saturated carbocycles. The number of hydrogen-bond acceptors (Lipinski definition) is 2. The maximum absolute atomic E-state index is 11.9. The third-order valence-electron chi connectivity index (χ3n) is 2.75. The molecular formula is C10H13Cl2N3O. The third-order valence-corrected chi connectivity index (χ3v) is 3.55. The first-order valence-corrected chi connectivity index (χ1v) is 6.07. The first-order valence-electron chi connectivity index (χ1n) is 5.26. The van der Waals surface area contributed by atoms with Crippen LogP contribution in [0.15, 0.2) is 6.20 Å². The first-order chi connectivity index (χ1) is 7.63. The van der Waals surface area contributed by atoms with Crippen LogP contribution in [0.2, 0.25) is 5.15 Å². The van der Waals surface area contributed by atoms with Gasteiger partial charge in [0.1, 0.15) is 16.4 Å². The van der Waals surface area contributed by atoms with E-state index in [9.17, 15) is 4.79 Å². The highest BCUT2D eigenvalue weighted by molar-refractivity contribution is 6.30. The van der Waals surface area contributed by atoms with Crippen molar-refractivity contribution in [3.8, 4) is 0 Å². The van der Waals surface area contributed by atoms with Crippen molar-refractivity contribution in [2.45, 2.75) is 31.8 Å². The molecule has 16 heavy (non-hydrogen) atoms. The topological polar surface area (TPSA) is 38.1 Å². The quantitative estimate of drug-likeness (QED) is 0.763. The molecule has 0 aromatic carbocycles. The number of imidazole rings is 1. The summed E-state index contributed by atoms with van der Waals surface area (Å²) in [7, 11) is 0. The Hall–Kier alpha value is -0.740. The Morgan fingerprint density at radius 3 is 3.06 bits per heavy atom. The molecule has 1 aromatic rings. The summed E-state index contributed by atoms with van der Waals surface area (Å²) in [6, 6.07) is 0. The van der Waals surface area contributed by atoms with Crippen molar-refractivity contribution in [1.29, 1.82) is 0 Å². The second-order valence-electron chi connectivity index (χ2n) is 3.78. The molecule has 2 rings (SSSR count). The Labute approximate surface area is 104 Å². The lowest BCUT2D eigenvalue weighted by atomic mass is 10.2. The molecule has 0 aliphatic carbocycles. The number of carbonyl (C=O) groups is 1. The van der Waals surface area contributed by atoms with Gasteiger partial charge in [0.05, 0.1) is 12.7 Å². The SMILES string of the molecule is CCC(Cl)C(=O)N1CCn2c(Cl)cnc2C1. The molecule has 0 fully saturated rings. The largest absolute Gasteiger partial charge is 0.332 e. The van der Waals surface area contributed by atoms with Crippen molar-refractivity contribution in [3.63, 3.8) is 0 Å². The van der Waals surface area contributed by atoms with E-state index in [0.717, 1.165) is 5.82 Å². The zero-order chi connectivity index (χ0) is 11.7. The normalized spacial score (nSPS) is 17.1. The lowest BCUT2D eigenvalue weighted by Gasteiger charge is -2.29. The van der Waals surface area contributed by atoms with E-state index >= 15 is 0 Å².